The Labute approximate surface area is 219 Å². The Morgan fingerprint density at radius 2 is 1.61 bits per heavy atom. The number of aromatic hydroxyl groups is 1. The van der Waals surface area contributed by atoms with Gasteiger partial charge in [-0.15, -0.1) is 12.4 Å². The lowest BCUT2D eigenvalue weighted by Gasteiger charge is -2.21. The monoisotopic (exact) mass is 513 g/mol. The van der Waals surface area contributed by atoms with Gasteiger partial charge in [-0.05, 0) is 84.3 Å². The number of hydrogen-bond donors (Lipinski definition) is 4. The SMILES string of the molecule is Cc1cc(-c2cccc(C(C)C)c2C(=O)O)cc(C)c1OCCN[C@@H](C)[C@H](O)c1ccc(O)cc1.Cl. The molecule has 0 unspecified atom stereocenters. The molecule has 0 heterocycles. The molecular formula is C29H36ClNO5. The molecule has 0 saturated carbocycles. The maximum atomic E-state index is 12.1. The van der Waals surface area contributed by atoms with Gasteiger partial charge in [0.05, 0.1) is 11.7 Å². The van der Waals surface area contributed by atoms with E-state index in [4.69, 9.17) is 4.74 Å². The highest BCUT2D eigenvalue weighted by molar-refractivity contribution is 5.98. The third-order valence-electron chi connectivity index (χ3n) is 6.23. The molecule has 3 aromatic carbocycles. The van der Waals surface area contributed by atoms with Gasteiger partial charge < -0.3 is 25.4 Å². The van der Waals surface area contributed by atoms with Gasteiger partial charge in [0.15, 0.2) is 0 Å². The van der Waals surface area contributed by atoms with E-state index in [1.54, 1.807) is 24.3 Å². The third kappa shape index (κ3) is 6.78. The van der Waals surface area contributed by atoms with Gasteiger partial charge in [-0.25, -0.2) is 4.79 Å². The Bertz CT molecular complexity index is 1150. The molecule has 194 valence electrons. The Morgan fingerprint density at radius 1 is 1.00 bits per heavy atom. The van der Waals surface area contributed by atoms with E-state index >= 15 is 0 Å². The predicted octanol–water partition coefficient (Wildman–Crippen LogP) is 6.01. The average Bonchev–Trinajstić information content (AvgIpc) is 2.82. The summed E-state index contributed by atoms with van der Waals surface area (Å²) in [6.07, 6.45) is -0.705. The van der Waals surface area contributed by atoms with Crippen molar-refractivity contribution in [3.8, 4) is 22.6 Å². The van der Waals surface area contributed by atoms with Crippen molar-refractivity contribution in [3.63, 3.8) is 0 Å². The van der Waals surface area contributed by atoms with E-state index in [-0.39, 0.29) is 30.1 Å². The molecule has 0 saturated heterocycles. The maximum absolute atomic E-state index is 12.1. The largest absolute Gasteiger partial charge is 0.508 e. The molecule has 3 aromatic rings. The van der Waals surface area contributed by atoms with Gasteiger partial charge in [0.1, 0.15) is 18.1 Å². The molecule has 3 rings (SSSR count). The molecule has 7 heteroatoms. The molecule has 0 fully saturated rings. The summed E-state index contributed by atoms with van der Waals surface area (Å²) in [5.41, 5.74) is 5.33. The van der Waals surface area contributed by atoms with Crippen molar-refractivity contribution in [2.75, 3.05) is 13.2 Å². The van der Waals surface area contributed by atoms with Gasteiger partial charge in [0.2, 0.25) is 0 Å². The lowest BCUT2D eigenvalue weighted by atomic mass is 9.89. The zero-order valence-corrected chi connectivity index (χ0v) is 22.2. The van der Waals surface area contributed by atoms with Crippen molar-refractivity contribution in [1.82, 2.24) is 5.32 Å². The first-order chi connectivity index (χ1) is 16.6. The highest BCUT2D eigenvalue weighted by Gasteiger charge is 2.20. The van der Waals surface area contributed by atoms with Crippen LogP contribution < -0.4 is 10.1 Å². The molecule has 6 nitrogen and oxygen atoms in total. The minimum absolute atomic E-state index is 0. The summed E-state index contributed by atoms with van der Waals surface area (Å²) < 4.78 is 6.06. The number of carboxylic acid groups (broad SMARTS) is 1. The number of benzene rings is 3. The second-order valence-electron chi connectivity index (χ2n) is 9.30. The summed E-state index contributed by atoms with van der Waals surface area (Å²) in [5, 5.41) is 33.1. The topological polar surface area (TPSA) is 99.0 Å². The fraction of sp³-hybridized carbons (Fsp3) is 0.345. The van der Waals surface area contributed by atoms with Crippen molar-refractivity contribution < 1.29 is 24.9 Å². The molecule has 0 aliphatic heterocycles. The molecule has 4 N–H and O–H groups in total. The van der Waals surface area contributed by atoms with Crippen LogP contribution in [0.5, 0.6) is 11.5 Å². The molecule has 0 amide bonds. The average molecular weight is 514 g/mol. The molecule has 0 bridgehead atoms. The fourth-order valence-corrected chi connectivity index (χ4v) is 4.38. The Hall–Kier alpha value is -3.06. The molecule has 2 atom stereocenters. The summed E-state index contributed by atoms with van der Waals surface area (Å²) in [6.45, 7) is 10.8. The molecule has 0 radical (unpaired) electrons. The fourth-order valence-electron chi connectivity index (χ4n) is 4.38. The van der Waals surface area contributed by atoms with Crippen LogP contribution in [-0.2, 0) is 0 Å². The summed E-state index contributed by atoms with van der Waals surface area (Å²) in [4.78, 5) is 12.1. The number of carbonyl (C=O) groups is 1. The zero-order valence-electron chi connectivity index (χ0n) is 21.4. The summed E-state index contributed by atoms with van der Waals surface area (Å²) in [7, 11) is 0. The van der Waals surface area contributed by atoms with Gasteiger partial charge in [-0.3, -0.25) is 0 Å². The van der Waals surface area contributed by atoms with Crippen molar-refractivity contribution in [1.29, 1.82) is 0 Å². The third-order valence-corrected chi connectivity index (χ3v) is 6.23. The minimum atomic E-state index is -0.922. The molecule has 0 aromatic heterocycles. The number of aliphatic hydroxyl groups is 1. The molecular weight excluding hydrogens is 478 g/mol. The van der Waals surface area contributed by atoms with E-state index < -0.39 is 12.1 Å². The van der Waals surface area contributed by atoms with Crippen molar-refractivity contribution in [2.45, 2.75) is 52.7 Å². The number of nitrogens with one attached hydrogen (secondary N) is 1. The van der Waals surface area contributed by atoms with Crippen LogP contribution in [0.3, 0.4) is 0 Å². The van der Waals surface area contributed by atoms with Crippen LogP contribution in [-0.4, -0.2) is 40.5 Å². The van der Waals surface area contributed by atoms with Crippen LogP contribution in [0.4, 0.5) is 0 Å². The smallest absolute Gasteiger partial charge is 0.336 e. The number of phenolic OH excluding ortho intramolecular Hbond substituents is 1. The van der Waals surface area contributed by atoms with Crippen LogP contribution in [0.25, 0.3) is 11.1 Å². The lowest BCUT2D eigenvalue weighted by Crippen LogP contribution is -2.35. The minimum Gasteiger partial charge on any atom is -0.508 e. The molecule has 0 spiro atoms. The van der Waals surface area contributed by atoms with E-state index in [1.807, 2.05) is 65.0 Å². The number of aliphatic hydroxyl groups excluding tert-OH is 1. The van der Waals surface area contributed by atoms with Gasteiger partial charge in [-0.1, -0.05) is 44.2 Å². The highest BCUT2D eigenvalue weighted by atomic mass is 35.5. The number of halogens is 1. The predicted molar refractivity (Wildman–Crippen MR) is 146 cm³/mol. The molecule has 0 aliphatic rings. The molecule has 0 aliphatic carbocycles. The quantitative estimate of drug-likeness (QED) is 0.248. The summed E-state index contributed by atoms with van der Waals surface area (Å²) >= 11 is 0. The van der Waals surface area contributed by atoms with Crippen LogP contribution in [0.2, 0.25) is 0 Å². The number of aromatic carboxylic acids is 1. The number of ether oxygens (including phenoxy) is 1. The second kappa shape index (κ2) is 12.8. The lowest BCUT2D eigenvalue weighted by molar-refractivity contribution is 0.0696. The Balaban J connectivity index is 0.00000456. The number of phenols is 1. The number of aryl methyl sites for hydroxylation is 2. The first kappa shape index (κ1) is 29.2. The summed E-state index contributed by atoms with van der Waals surface area (Å²) in [5.74, 6) is 0.126. The highest BCUT2D eigenvalue weighted by Crippen LogP contribution is 2.34. The van der Waals surface area contributed by atoms with Crippen LogP contribution in [0.15, 0.2) is 54.6 Å². The standard InChI is InChI=1S/C29H35NO5.ClH/c1-17(2)24-7-6-8-25(26(24)29(33)34)22-15-18(3)28(19(4)16-22)35-14-13-30-20(5)27(32)21-9-11-23(31)12-10-21;/h6-12,15-17,20,27,30-32H,13-14H2,1-5H3,(H,33,34);1H/t20-,27-;/m0./s1. The zero-order chi connectivity index (χ0) is 25.7. The van der Waals surface area contributed by atoms with Crippen molar-refractivity contribution >= 4 is 18.4 Å². The first-order valence-electron chi connectivity index (χ1n) is 11.9. The van der Waals surface area contributed by atoms with Crippen LogP contribution >= 0.6 is 12.4 Å². The van der Waals surface area contributed by atoms with E-state index in [0.717, 1.165) is 33.6 Å². The normalized spacial score (nSPS) is 12.6. The summed E-state index contributed by atoms with van der Waals surface area (Å²) in [6, 6.07) is 15.9. The Kier molecular flexibility index (Phi) is 10.3. The van der Waals surface area contributed by atoms with Crippen LogP contribution in [0.1, 0.15) is 65.4 Å². The molecule has 36 heavy (non-hydrogen) atoms. The second-order valence-corrected chi connectivity index (χ2v) is 9.30. The van der Waals surface area contributed by atoms with Crippen molar-refractivity contribution in [2.24, 2.45) is 0 Å². The van der Waals surface area contributed by atoms with E-state index in [1.165, 1.54) is 0 Å². The van der Waals surface area contributed by atoms with Crippen LogP contribution in [0, 0.1) is 13.8 Å². The Morgan fingerprint density at radius 3 is 2.17 bits per heavy atom. The van der Waals surface area contributed by atoms with Gasteiger partial charge in [0, 0.05) is 12.6 Å². The number of carboxylic acids is 1. The van der Waals surface area contributed by atoms with Gasteiger partial charge in [0.25, 0.3) is 0 Å². The maximum Gasteiger partial charge on any atom is 0.336 e. The van der Waals surface area contributed by atoms with Gasteiger partial charge in [-0.2, -0.15) is 0 Å². The van der Waals surface area contributed by atoms with Crippen molar-refractivity contribution in [3.05, 3.63) is 82.4 Å². The number of rotatable bonds is 10. The van der Waals surface area contributed by atoms with E-state index in [2.05, 4.69) is 5.32 Å². The first-order valence-corrected chi connectivity index (χ1v) is 11.9. The number of hydrogen-bond acceptors (Lipinski definition) is 5. The van der Waals surface area contributed by atoms with E-state index in [9.17, 15) is 20.1 Å². The van der Waals surface area contributed by atoms with E-state index in [0.29, 0.717) is 24.3 Å². The van der Waals surface area contributed by atoms with Gasteiger partial charge >= 0.3 is 5.97 Å².